The van der Waals surface area contributed by atoms with Gasteiger partial charge in [0.25, 0.3) is 0 Å². The molecule has 1 aliphatic heterocycles. The van der Waals surface area contributed by atoms with Crippen LogP contribution in [0.4, 0.5) is 5.69 Å². The molecule has 2 aliphatic carbocycles. The molecule has 1 atom stereocenters. The fourth-order valence-corrected chi connectivity index (χ4v) is 8.18. The lowest BCUT2D eigenvalue weighted by molar-refractivity contribution is 0.517. The van der Waals surface area contributed by atoms with E-state index in [9.17, 15) is 0 Å². The van der Waals surface area contributed by atoms with Gasteiger partial charge in [-0.25, -0.2) is 0 Å². The number of rotatable bonds is 5. The number of benzene rings is 5. The summed E-state index contributed by atoms with van der Waals surface area (Å²) >= 11 is 0. The molecule has 9 rings (SSSR count). The van der Waals surface area contributed by atoms with Crippen LogP contribution in [-0.4, -0.2) is 11.1 Å². The molecule has 240 valence electrons. The topological polar surface area (TPSA) is 20.2 Å². The van der Waals surface area contributed by atoms with Crippen LogP contribution in [0.25, 0.3) is 44.2 Å². The van der Waals surface area contributed by atoms with Crippen molar-refractivity contribution in [1.82, 2.24) is 9.88 Å². The molecule has 0 saturated carbocycles. The van der Waals surface area contributed by atoms with E-state index in [4.69, 9.17) is 0 Å². The lowest BCUT2D eigenvalue weighted by Crippen LogP contribution is -2.36. The van der Waals surface area contributed by atoms with Crippen molar-refractivity contribution in [2.45, 2.75) is 39.0 Å². The van der Waals surface area contributed by atoms with Crippen LogP contribution in [0.3, 0.4) is 0 Å². The lowest BCUT2D eigenvalue weighted by atomic mass is 9.82. The molecule has 1 aromatic heterocycles. The van der Waals surface area contributed by atoms with Crippen molar-refractivity contribution in [1.29, 1.82) is 0 Å². The Balaban J connectivity index is 1.11. The second-order valence-corrected chi connectivity index (χ2v) is 14.3. The molecular weight excluding hydrogens is 595 g/mol. The van der Waals surface area contributed by atoms with Gasteiger partial charge in [0.15, 0.2) is 0 Å². The highest BCUT2D eigenvalue weighted by Crippen LogP contribution is 2.51. The van der Waals surface area contributed by atoms with Crippen molar-refractivity contribution in [2.75, 3.05) is 11.4 Å². The average Bonchev–Trinajstić information content (AvgIpc) is 3.44. The second kappa shape index (κ2) is 11.6. The summed E-state index contributed by atoms with van der Waals surface area (Å²) in [6.45, 7) is 8.03. The Morgan fingerprint density at radius 3 is 2.27 bits per heavy atom. The van der Waals surface area contributed by atoms with Gasteiger partial charge in [0, 0.05) is 39.8 Å². The predicted octanol–water partition coefficient (Wildman–Crippen LogP) is 11.3. The van der Waals surface area contributed by atoms with Crippen molar-refractivity contribution in [2.24, 2.45) is 5.92 Å². The van der Waals surface area contributed by atoms with Gasteiger partial charge in [0.05, 0.1) is 11.0 Å². The number of nitrogens with zero attached hydrogens (tertiary/aromatic N) is 2. The third-order valence-electron chi connectivity index (χ3n) is 10.8. The quantitative estimate of drug-likeness (QED) is 0.203. The van der Waals surface area contributed by atoms with E-state index in [1.54, 1.807) is 0 Å². The SMILES string of the molecule is CC1CC=C(N(C2=CCC=C3C(=C2)C(C)(C)c2ccccc23)c2ccc(-c3ccc4c(c3)c3ccccc3n4-c3ccccc3)cc2)NC1. The van der Waals surface area contributed by atoms with Gasteiger partial charge in [-0.15, -0.1) is 0 Å². The number of aromatic nitrogens is 1. The molecule has 3 aliphatic rings. The summed E-state index contributed by atoms with van der Waals surface area (Å²) in [5.74, 6) is 1.79. The molecule has 1 N–H and O–H groups in total. The van der Waals surface area contributed by atoms with Gasteiger partial charge in [0.1, 0.15) is 5.82 Å². The van der Waals surface area contributed by atoms with Gasteiger partial charge >= 0.3 is 0 Å². The van der Waals surface area contributed by atoms with Gasteiger partial charge in [-0.3, -0.25) is 4.90 Å². The first-order valence-electron chi connectivity index (χ1n) is 17.6. The summed E-state index contributed by atoms with van der Waals surface area (Å²) in [6.07, 6.45) is 11.6. The van der Waals surface area contributed by atoms with Crippen LogP contribution in [0.2, 0.25) is 0 Å². The third kappa shape index (κ3) is 4.87. The Morgan fingerprint density at radius 1 is 0.714 bits per heavy atom. The number of fused-ring (bicyclic) bond motifs is 6. The summed E-state index contributed by atoms with van der Waals surface area (Å²) in [4.78, 5) is 2.44. The maximum Gasteiger partial charge on any atom is 0.106 e. The number of anilines is 1. The molecule has 0 spiro atoms. The smallest absolute Gasteiger partial charge is 0.106 e. The minimum atomic E-state index is -0.0629. The Bertz CT molecular complexity index is 2360. The van der Waals surface area contributed by atoms with E-state index < -0.39 is 0 Å². The zero-order chi connectivity index (χ0) is 33.1. The van der Waals surface area contributed by atoms with Gasteiger partial charge in [0.2, 0.25) is 0 Å². The van der Waals surface area contributed by atoms with Crippen LogP contribution < -0.4 is 10.2 Å². The molecule has 3 heteroatoms. The van der Waals surface area contributed by atoms with E-state index >= 15 is 0 Å². The first-order valence-corrected chi connectivity index (χ1v) is 17.6. The number of allylic oxidation sites excluding steroid dienone is 6. The van der Waals surface area contributed by atoms with Crippen molar-refractivity contribution in [3.8, 4) is 16.8 Å². The summed E-state index contributed by atoms with van der Waals surface area (Å²) in [5.41, 5.74) is 14.0. The van der Waals surface area contributed by atoms with Gasteiger partial charge in [-0.05, 0) is 107 Å². The molecule has 0 saturated heterocycles. The van der Waals surface area contributed by atoms with Crippen LogP contribution in [0.15, 0.2) is 163 Å². The van der Waals surface area contributed by atoms with Crippen molar-refractivity contribution in [3.05, 3.63) is 174 Å². The number of nitrogens with one attached hydrogen (secondary N) is 1. The molecule has 1 unspecified atom stereocenters. The van der Waals surface area contributed by atoms with Crippen LogP contribution in [0.1, 0.15) is 44.7 Å². The van der Waals surface area contributed by atoms with E-state index in [0.717, 1.165) is 19.4 Å². The van der Waals surface area contributed by atoms with Crippen molar-refractivity contribution in [3.63, 3.8) is 0 Å². The van der Waals surface area contributed by atoms with Gasteiger partial charge in [-0.1, -0.05) is 112 Å². The highest BCUT2D eigenvalue weighted by atomic mass is 15.3. The Kier molecular flexibility index (Phi) is 6.98. The van der Waals surface area contributed by atoms with E-state index in [1.807, 2.05) is 0 Å². The van der Waals surface area contributed by atoms with E-state index in [0.29, 0.717) is 5.92 Å². The Morgan fingerprint density at radius 2 is 1.45 bits per heavy atom. The average molecular weight is 636 g/mol. The Hall–Kier alpha value is -5.54. The summed E-state index contributed by atoms with van der Waals surface area (Å²) in [5, 5.41) is 6.32. The molecule has 0 amide bonds. The summed E-state index contributed by atoms with van der Waals surface area (Å²) < 4.78 is 2.38. The van der Waals surface area contributed by atoms with E-state index in [2.05, 4.69) is 181 Å². The van der Waals surface area contributed by atoms with Gasteiger partial charge < -0.3 is 9.88 Å². The molecule has 3 nitrogen and oxygen atoms in total. The van der Waals surface area contributed by atoms with E-state index in [-0.39, 0.29) is 5.41 Å². The molecule has 5 aromatic carbocycles. The fourth-order valence-electron chi connectivity index (χ4n) is 8.18. The molecular formula is C46H41N3. The first kappa shape index (κ1) is 29.6. The van der Waals surface area contributed by atoms with Crippen molar-refractivity contribution >= 4 is 33.1 Å². The first-order chi connectivity index (χ1) is 24.0. The molecule has 0 fully saturated rings. The molecule has 0 radical (unpaired) electrons. The van der Waals surface area contributed by atoms with Gasteiger partial charge in [-0.2, -0.15) is 0 Å². The highest BCUT2D eigenvalue weighted by Gasteiger charge is 2.38. The van der Waals surface area contributed by atoms with E-state index in [1.165, 1.54) is 78.1 Å². The normalized spacial score (nSPS) is 18.1. The van der Waals surface area contributed by atoms with Crippen LogP contribution in [-0.2, 0) is 5.41 Å². The summed E-state index contributed by atoms with van der Waals surface area (Å²) in [7, 11) is 0. The second-order valence-electron chi connectivity index (χ2n) is 14.3. The summed E-state index contributed by atoms with van der Waals surface area (Å²) in [6, 6.07) is 44.4. The van der Waals surface area contributed by atoms with Crippen LogP contribution in [0.5, 0.6) is 0 Å². The van der Waals surface area contributed by atoms with Crippen LogP contribution >= 0.6 is 0 Å². The third-order valence-corrected chi connectivity index (χ3v) is 10.8. The van der Waals surface area contributed by atoms with Crippen LogP contribution in [0, 0.1) is 5.92 Å². The highest BCUT2D eigenvalue weighted by molar-refractivity contribution is 6.10. The minimum Gasteiger partial charge on any atom is -0.371 e. The molecule has 0 bridgehead atoms. The number of hydrogen-bond acceptors (Lipinski definition) is 2. The fraction of sp³-hybridized carbons (Fsp3) is 0.174. The molecule has 2 heterocycles. The zero-order valence-electron chi connectivity index (χ0n) is 28.4. The maximum absolute atomic E-state index is 3.78. The number of para-hydroxylation sites is 2. The minimum absolute atomic E-state index is 0.0629. The maximum atomic E-state index is 3.78. The monoisotopic (exact) mass is 635 g/mol. The number of hydrogen-bond donors (Lipinski definition) is 1. The molecule has 49 heavy (non-hydrogen) atoms. The Labute approximate surface area is 289 Å². The molecule has 6 aromatic rings. The zero-order valence-corrected chi connectivity index (χ0v) is 28.4. The standard InChI is InChI=1S/C46H41N3/c1-31-20-27-45(47-30-31)48(36-14-11-17-38-37-15-7-9-18-41(37)46(2,3)42(38)29-36)35-24-21-32(22-25-35)33-23-26-44-40(28-33)39-16-8-10-19-43(39)49(44)34-12-5-4-6-13-34/h4-10,12-19,21-29,31,47H,11,20,30H2,1-3H3. The largest absolute Gasteiger partial charge is 0.371 e. The van der Waals surface area contributed by atoms with Crippen molar-refractivity contribution < 1.29 is 0 Å². The lowest BCUT2D eigenvalue weighted by Gasteiger charge is -2.33. The predicted molar refractivity (Wildman–Crippen MR) is 207 cm³/mol.